The molecule has 1 aromatic heterocycles. The molecular weight excluding hydrogens is 288 g/mol. The van der Waals surface area contributed by atoms with Gasteiger partial charge in [0, 0.05) is 31.0 Å². The first-order valence-corrected chi connectivity index (χ1v) is 7.52. The van der Waals surface area contributed by atoms with Crippen molar-refractivity contribution in [3.63, 3.8) is 0 Å². The number of hydrogen-bond donors (Lipinski definition) is 1. The van der Waals surface area contributed by atoms with Crippen LogP contribution in [0, 0.1) is 6.92 Å². The zero-order chi connectivity index (χ0) is 16.2. The highest BCUT2D eigenvalue weighted by atomic mass is 16.4. The van der Waals surface area contributed by atoms with Crippen molar-refractivity contribution in [1.29, 1.82) is 0 Å². The number of anilines is 2. The van der Waals surface area contributed by atoms with Crippen molar-refractivity contribution in [1.82, 2.24) is 10.2 Å². The second-order valence-electron chi connectivity index (χ2n) is 5.67. The highest BCUT2D eigenvalue weighted by Gasteiger charge is 2.08. The molecule has 0 bridgehead atoms. The van der Waals surface area contributed by atoms with Gasteiger partial charge in [-0.25, -0.2) is 0 Å². The van der Waals surface area contributed by atoms with Gasteiger partial charge in [0.1, 0.15) is 0 Å². The van der Waals surface area contributed by atoms with Crippen molar-refractivity contribution in [3.05, 3.63) is 60.0 Å². The summed E-state index contributed by atoms with van der Waals surface area (Å²) in [6.45, 7) is 2.54. The van der Waals surface area contributed by atoms with Crippen LogP contribution in [0.25, 0.3) is 11.5 Å². The van der Waals surface area contributed by atoms with E-state index in [0.29, 0.717) is 18.3 Å². The molecule has 0 aliphatic heterocycles. The number of hydrogen-bond acceptors (Lipinski definition) is 5. The lowest BCUT2D eigenvalue weighted by atomic mass is 10.1. The van der Waals surface area contributed by atoms with Crippen LogP contribution in [0.4, 0.5) is 11.4 Å². The molecule has 0 amide bonds. The Balaban J connectivity index is 1.65. The van der Waals surface area contributed by atoms with E-state index < -0.39 is 0 Å². The van der Waals surface area contributed by atoms with Gasteiger partial charge in [0.2, 0.25) is 11.8 Å². The van der Waals surface area contributed by atoms with E-state index in [1.165, 1.54) is 5.56 Å². The van der Waals surface area contributed by atoms with Crippen molar-refractivity contribution in [3.8, 4) is 11.5 Å². The summed E-state index contributed by atoms with van der Waals surface area (Å²) in [4.78, 5) is 2.07. The molecule has 0 spiro atoms. The van der Waals surface area contributed by atoms with Gasteiger partial charge in [-0.1, -0.05) is 17.7 Å². The first-order valence-electron chi connectivity index (χ1n) is 7.52. The number of nitrogens with zero attached hydrogens (tertiary/aromatic N) is 3. The average Bonchev–Trinajstić information content (AvgIpc) is 3.02. The lowest BCUT2D eigenvalue weighted by Crippen LogP contribution is -2.08. The zero-order valence-electron chi connectivity index (χ0n) is 13.6. The molecule has 118 valence electrons. The lowest BCUT2D eigenvalue weighted by molar-refractivity contribution is 0.515. The summed E-state index contributed by atoms with van der Waals surface area (Å²) in [5.74, 6) is 1.12. The van der Waals surface area contributed by atoms with Crippen LogP contribution in [-0.4, -0.2) is 24.3 Å². The van der Waals surface area contributed by atoms with Crippen LogP contribution in [-0.2, 0) is 6.54 Å². The van der Waals surface area contributed by atoms with Gasteiger partial charge in [0.25, 0.3) is 0 Å². The number of nitrogens with one attached hydrogen (secondary N) is 1. The second kappa shape index (κ2) is 6.52. The molecule has 0 saturated carbocycles. The Labute approximate surface area is 136 Å². The van der Waals surface area contributed by atoms with Crippen molar-refractivity contribution in [2.24, 2.45) is 0 Å². The van der Waals surface area contributed by atoms with Gasteiger partial charge in [0.05, 0.1) is 6.54 Å². The molecule has 1 heterocycles. The maximum absolute atomic E-state index is 5.72. The third kappa shape index (κ3) is 3.69. The largest absolute Gasteiger partial charge is 0.419 e. The second-order valence-corrected chi connectivity index (χ2v) is 5.67. The zero-order valence-corrected chi connectivity index (χ0v) is 13.6. The summed E-state index contributed by atoms with van der Waals surface area (Å²) in [6, 6.07) is 16.2. The Kier molecular flexibility index (Phi) is 4.28. The fourth-order valence-electron chi connectivity index (χ4n) is 2.27. The fourth-order valence-corrected chi connectivity index (χ4v) is 2.27. The third-order valence-electron chi connectivity index (χ3n) is 3.56. The van der Waals surface area contributed by atoms with Gasteiger partial charge < -0.3 is 14.6 Å². The topological polar surface area (TPSA) is 54.2 Å². The van der Waals surface area contributed by atoms with Crippen LogP contribution in [0.5, 0.6) is 0 Å². The van der Waals surface area contributed by atoms with Crippen molar-refractivity contribution >= 4 is 11.4 Å². The Hall–Kier alpha value is -2.82. The van der Waals surface area contributed by atoms with Gasteiger partial charge in [-0.3, -0.25) is 0 Å². The molecule has 5 heteroatoms. The molecule has 5 nitrogen and oxygen atoms in total. The molecule has 3 rings (SSSR count). The predicted molar refractivity (Wildman–Crippen MR) is 92.6 cm³/mol. The standard InChI is InChI=1S/C18H20N4O/c1-13-5-4-6-14(11-13)18-21-20-17(23-18)12-19-15-7-9-16(10-8-15)22(2)3/h4-11,19H,12H2,1-3H3. The third-order valence-corrected chi connectivity index (χ3v) is 3.56. The monoisotopic (exact) mass is 308 g/mol. The van der Waals surface area contributed by atoms with Crippen molar-refractivity contribution in [2.45, 2.75) is 13.5 Å². The molecule has 0 saturated heterocycles. The molecule has 0 unspecified atom stereocenters. The van der Waals surface area contributed by atoms with E-state index in [9.17, 15) is 0 Å². The normalized spacial score (nSPS) is 10.6. The summed E-state index contributed by atoms with van der Waals surface area (Å²) in [6.07, 6.45) is 0. The van der Waals surface area contributed by atoms with E-state index in [-0.39, 0.29) is 0 Å². The van der Waals surface area contributed by atoms with Gasteiger partial charge in [-0.05, 0) is 43.3 Å². The first kappa shape index (κ1) is 15.1. The number of aryl methyl sites for hydroxylation is 1. The van der Waals surface area contributed by atoms with E-state index >= 15 is 0 Å². The van der Waals surface area contributed by atoms with Gasteiger partial charge >= 0.3 is 0 Å². The SMILES string of the molecule is Cc1cccc(-c2nnc(CNc3ccc(N(C)C)cc3)o2)c1. The lowest BCUT2D eigenvalue weighted by Gasteiger charge is -2.12. The summed E-state index contributed by atoms with van der Waals surface area (Å²) >= 11 is 0. The van der Waals surface area contributed by atoms with Crippen LogP contribution in [0.1, 0.15) is 11.5 Å². The molecule has 23 heavy (non-hydrogen) atoms. The minimum Gasteiger partial charge on any atom is -0.419 e. The maximum atomic E-state index is 5.72. The summed E-state index contributed by atoms with van der Waals surface area (Å²) in [5, 5.41) is 11.5. The smallest absolute Gasteiger partial charge is 0.247 e. The first-order chi connectivity index (χ1) is 11.1. The molecule has 2 aromatic carbocycles. The predicted octanol–water partition coefficient (Wildman–Crippen LogP) is 3.72. The average molecular weight is 308 g/mol. The van der Waals surface area contributed by atoms with Crippen LogP contribution < -0.4 is 10.2 Å². The Bertz CT molecular complexity index is 778. The molecule has 1 N–H and O–H groups in total. The van der Waals surface area contributed by atoms with E-state index in [2.05, 4.69) is 32.5 Å². The highest BCUT2D eigenvalue weighted by Crippen LogP contribution is 2.20. The Morgan fingerprint density at radius 2 is 1.83 bits per heavy atom. The highest BCUT2D eigenvalue weighted by molar-refractivity contribution is 5.55. The Morgan fingerprint density at radius 1 is 1.04 bits per heavy atom. The van der Waals surface area contributed by atoms with Crippen molar-refractivity contribution in [2.75, 3.05) is 24.3 Å². The minimum atomic E-state index is 0.500. The van der Waals surface area contributed by atoms with Crippen LogP contribution in [0.2, 0.25) is 0 Å². The summed E-state index contributed by atoms with van der Waals surface area (Å²) in [5.41, 5.74) is 4.29. The minimum absolute atomic E-state index is 0.500. The molecule has 3 aromatic rings. The van der Waals surface area contributed by atoms with Crippen LogP contribution in [0.15, 0.2) is 52.9 Å². The van der Waals surface area contributed by atoms with Gasteiger partial charge in [-0.15, -0.1) is 10.2 Å². The van der Waals surface area contributed by atoms with E-state index in [4.69, 9.17) is 4.42 Å². The number of rotatable bonds is 5. The molecule has 0 aliphatic rings. The van der Waals surface area contributed by atoms with E-state index in [0.717, 1.165) is 16.9 Å². The quantitative estimate of drug-likeness (QED) is 0.778. The summed E-state index contributed by atoms with van der Waals surface area (Å²) < 4.78 is 5.72. The summed E-state index contributed by atoms with van der Waals surface area (Å²) in [7, 11) is 4.04. The van der Waals surface area contributed by atoms with E-state index in [1.807, 2.05) is 57.4 Å². The van der Waals surface area contributed by atoms with Gasteiger partial charge in [0.15, 0.2) is 0 Å². The number of aromatic nitrogens is 2. The van der Waals surface area contributed by atoms with Gasteiger partial charge in [-0.2, -0.15) is 0 Å². The van der Waals surface area contributed by atoms with Crippen molar-refractivity contribution < 1.29 is 4.42 Å². The molecule has 0 radical (unpaired) electrons. The molecular formula is C18H20N4O. The maximum Gasteiger partial charge on any atom is 0.247 e. The fraction of sp³-hybridized carbons (Fsp3) is 0.222. The molecule has 0 fully saturated rings. The molecule has 0 atom stereocenters. The van der Waals surface area contributed by atoms with Crippen LogP contribution in [0.3, 0.4) is 0 Å². The van der Waals surface area contributed by atoms with Crippen LogP contribution >= 0.6 is 0 Å². The molecule has 0 aliphatic carbocycles. The van der Waals surface area contributed by atoms with E-state index in [1.54, 1.807) is 0 Å². The Morgan fingerprint density at radius 3 is 2.52 bits per heavy atom. The number of benzene rings is 2.